The Labute approximate surface area is 101 Å². The number of hydrogen-bond donors (Lipinski definition) is 4. The van der Waals surface area contributed by atoms with Gasteiger partial charge in [-0.05, 0) is 17.7 Å². The van der Waals surface area contributed by atoms with E-state index in [0.29, 0.717) is 11.3 Å². The molecule has 0 aliphatic rings. The summed E-state index contributed by atoms with van der Waals surface area (Å²) in [6, 6.07) is 4.84. The largest absolute Gasteiger partial charge is 0.480 e. The zero-order valence-corrected chi connectivity index (χ0v) is 9.11. The number of carboxylic acid groups (broad SMARTS) is 1. The fourth-order valence-corrected chi connectivity index (χ4v) is 1.21. The van der Waals surface area contributed by atoms with E-state index in [1.807, 2.05) is 0 Å². The van der Waals surface area contributed by atoms with Crippen molar-refractivity contribution >= 4 is 17.6 Å². The van der Waals surface area contributed by atoms with Gasteiger partial charge in [-0.2, -0.15) is 0 Å². The molecule has 96 valence electrons. The van der Waals surface area contributed by atoms with Crippen molar-refractivity contribution in [2.24, 2.45) is 16.6 Å². The molecule has 0 amide bonds. The highest BCUT2D eigenvalue weighted by Crippen LogP contribution is 2.16. The van der Waals surface area contributed by atoms with Crippen LogP contribution >= 0.6 is 0 Å². The van der Waals surface area contributed by atoms with Crippen molar-refractivity contribution in [2.45, 2.75) is 6.04 Å². The molecule has 0 saturated heterocycles. The van der Waals surface area contributed by atoms with Gasteiger partial charge in [0.15, 0.2) is 5.03 Å². The third-order valence-corrected chi connectivity index (χ3v) is 1.97. The first kappa shape index (κ1) is 13.4. The Morgan fingerprint density at radius 2 is 2.22 bits per heavy atom. The molecule has 0 saturated carbocycles. The van der Waals surface area contributed by atoms with Crippen LogP contribution < -0.4 is 16.8 Å². The number of hydrogen-bond acceptors (Lipinski definition) is 4. The molecule has 0 heterocycles. The van der Waals surface area contributed by atoms with Crippen LogP contribution in [-0.2, 0) is 4.79 Å². The van der Waals surface area contributed by atoms with E-state index < -0.39 is 23.0 Å². The molecule has 6 N–H and O–H groups in total. The van der Waals surface area contributed by atoms with E-state index in [1.54, 1.807) is 12.1 Å². The Hall–Kier alpha value is -2.68. The number of nitrogens with two attached hydrogens (primary N) is 2. The number of nitro groups is 1. The average molecular weight is 253 g/mol. The minimum atomic E-state index is -1.18. The van der Waals surface area contributed by atoms with Gasteiger partial charge in [0.1, 0.15) is 11.1 Å². The minimum absolute atomic E-state index is 0.335. The van der Waals surface area contributed by atoms with E-state index in [9.17, 15) is 14.9 Å². The van der Waals surface area contributed by atoms with Crippen LogP contribution in [0, 0.1) is 10.1 Å². The zero-order valence-electron chi connectivity index (χ0n) is 9.11. The SMILES string of the molecule is NC(=N[N+](=O)[O-])Nc1cccc(C(N)C(=O)O)c1. The maximum absolute atomic E-state index is 10.7. The summed E-state index contributed by atoms with van der Waals surface area (Å²) in [5.74, 6) is -1.60. The second kappa shape index (κ2) is 5.59. The van der Waals surface area contributed by atoms with E-state index in [0.717, 1.165) is 0 Å². The maximum Gasteiger partial charge on any atom is 0.325 e. The first-order chi connectivity index (χ1) is 8.40. The first-order valence-corrected chi connectivity index (χ1v) is 4.74. The molecule has 1 rings (SSSR count). The van der Waals surface area contributed by atoms with Gasteiger partial charge < -0.3 is 21.9 Å². The maximum atomic E-state index is 10.7. The molecule has 0 radical (unpaired) electrons. The lowest BCUT2D eigenvalue weighted by molar-refractivity contribution is -0.485. The number of carboxylic acids is 1. The van der Waals surface area contributed by atoms with Gasteiger partial charge in [0, 0.05) is 5.69 Å². The number of guanidine groups is 1. The number of hydrazone groups is 1. The second-order valence-electron chi connectivity index (χ2n) is 3.29. The summed E-state index contributed by atoms with van der Waals surface area (Å²) in [6.45, 7) is 0. The molecule has 1 atom stereocenters. The number of aliphatic carboxylic acids is 1. The van der Waals surface area contributed by atoms with Crippen LogP contribution in [0.2, 0.25) is 0 Å². The Bertz CT molecular complexity index is 501. The van der Waals surface area contributed by atoms with E-state index >= 15 is 0 Å². The summed E-state index contributed by atoms with van der Waals surface area (Å²) < 4.78 is 0. The van der Waals surface area contributed by atoms with Crippen molar-refractivity contribution in [3.05, 3.63) is 39.9 Å². The molecule has 1 aromatic carbocycles. The molecule has 0 aromatic heterocycles. The highest BCUT2D eigenvalue weighted by atomic mass is 16.7. The predicted molar refractivity (Wildman–Crippen MR) is 63.2 cm³/mol. The van der Waals surface area contributed by atoms with Crippen LogP contribution in [0.25, 0.3) is 0 Å². The van der Waals surface area contributed by atoms with Crippen LogP contribution in [0.5, 0.6) is 0 Å². The molecular weight excluding hydrogens is 242 g/mol. The smallest absolute Gasteiger partial charge is 0.325 e. The van der Waals surface area contributed by atoms with Gasteiger partial charge in [-0.1, -0.05) is 12.1 Å². The Morgan fingerprint density at radius 1 is 1.56 bits per heavy atom. The van der Waals surface area contributed by atoms with Crippen molar-refractivity contribution < 1.29 is 14.9 Å². The standard InChI is InChI=1S/C9H11N5O4/c10-7(8(15)16)5-2-1-3-6(4-5)12-9(11)13-14(17)18/h1-4,7H,10H2,(H,15,16)(H3,11,12,13). The summed E-state index contributed by atoms with van der Waals surface area (Å²) in [4.78, 5) is 20.8. The molecule has 1 aromatic rings. The van der Waals surface area contributed by atoms with Crippen molar-refractivity contribution in [1.82, 2.24) is 0 Å². The second-order valence-corrected chi connectivity index (χ2v) is 3.29. The Kier molecular flexibility index (Phi) is 4.16. The molecule has 0 aliphatic carbocycles. The fraction of sp³-hybridized carbons (Fsp3) is 0.111. The summed E-state index contributed by atoms with van der Waals surface area (Å²) >= 11 is 0. The zero-order chi connectivity index (χ0) is 13.7. The Balaban J connectivity index is 2.89. The topological polar surface area (TPSA) is 157 Å². The number of nitrogens with one attached hydrogen (secondary N) is 1. The predicted octanol–water partition coefficient (Wildman–Crippen LogP) is -0.311. The monoisotopic (exact) mass is 253 g/mol. The van der Waals surface area contributed by atoms with Gasteiger partial charge in [0.25, 0.3) is 5.96 Å². The third-order valence-electron chi connectivity index (χ3n) is 1.97. The van der Waals surface area contributed by atoms with Crippen molar-refractivity contribution in [2.75, 3.05) is 5.32 Å². The van der Waals surface area contributed by atoms with Crippen LogP contribution in [0.4, 0.5) is 5.69 Å². The highest BCUT2D eigenvalue weighted by molar-refractivity contribution is 5.92. The average Bonchev–Trinajstić information content (AvgIpc) is 2.26. The molecule has 0 bridgehead atoms. The number of nitrogens with zero attached hydrogens (tertiary/aromatic N) is 2. The fourth-order valence-electron chi connectivity index (χ4n) is 1.21. The van der Waals surface area contributed by atoms with Gasteiger partial charge in [-0.3, -0.25) is 4.79 Å². The van der Waals surface area contributed by atoms with Gasteiger partial charge >= 0.3 is 5.97 Å². The lowest BCUT2D eigenvalue weighted by atomic mass is 10.1. The molecule has 0 aliphatic heterocycles. The van der Waals surface area contributed by atoms with Crippen molar-refractivity contribution in [1.29, 1.82) is 0 Å². The molecular formula is C9H11N5O4. The van der Waals surface area contributed by atoms with Gasteiger partial charge in [0.05, 0.1) is 0 Å². The van der Waals surface area contributed by atoms with E-state index in [4.69, 9.17) is 16.6 Å². The van der Waals surface area contributed by atoms with Gasteiger partial charge in [-0.25, -0.2) is 10.1 Å². The normalized spacial score (nSPS) is 12.8. The lowest BCUT2D eigenvalue weighted by Crippen LogP contribution is -2.24. The summed E-state index contributed by atoms with van der Waals surface area (Å²) in [5.41, 5.74) is 11.4. The summed E-state index contributed by atoms with van der Waals surface area (Å²) in [6.07, 6.45) is 0. The van der Waals surface area contributed by atoms with Gasteiger partial charge in [-0.15, -0.1) is 0 Å². The molecule has 0 spiro atoms. The molecule has 18 heavy (non-hydrogen) atoms. The number of benzene rings is 1. The number of anilines is 1. The van der Waals surface area contributed by atoms with Crippen LogP contribution in [0.1, 0.15) is 11.6 Å². The first-order valence-electron chi connectivity index (χ1n) is 4.74. The quantitative estimate of drug-likeness (QED) is 0.248. The molecule has 0 fully saturated rings. The number of carbonyl (C=O) groups is 1. The highest BCUT2D eigenvalue weighted by Gasteiger charge is 2.14. The van der Waals surface area contributed by atoms with E-state index in [1.165, 1.54) is 12.1 Å². The molecule has 9 heteroatoms. The van der Waals surface area contributed by atoms with Crippen LogP contribution in [0.3, 0.4) is 0 Å². The Morgan fingerprint density at radius 3 is 2.78 bits per heavy atom. The summed E-state index contributed by atoms with van der Waals surface area (Å²) in [7, 11) is 0. The van der Waals surface area contributed by atoms with Gasteiger partial charge in [0.2, 0.25) is 0 Å². The number of rotatable bonds is 4. The van der Waals surface area contributed by atoms with E-state index in [-0.39, 0.29) is 0 Å². The van der Waals surface area contributed by atoms with Crippen LogP contribution in [0.15, 0.2) is 29.4 Å². The van der Waals surface area contributed by atoms with Crippen molar-refractivity contribution in [3.8, 4) is 0 Å². The lowest BCUT2D eigenvalue weighted by Gasteiger charge is -2.09. The van der Waals surface area contributed by atoms with Crippen molar-refractivity contribution in [3.63, 3.8) is 0 Å². The van der Waals surface area contributed by atoms with Crippen LogP contribution in [-0.4, -0.2) is 22.1 Å². The minimum Gasteiger partial charge on any atom is -0.480 e. The summed E-state index contributed by atoms with van der Waals surface area (Å²) in [5, 5.41) is 23.1. The molecule has 1 unspecified atom stereocenters. The third kappa shape index (κ3) is 3.72. The molecule has 9 nitrogen and oxygen atoms in total. The van der Waals surface area contributed by atoms with E-state index in [2.05, 4.69) is 10.4 Å².